The highest BCUT2D eigenvalue weighted by atomic mass is 16.5. The van der Waals surface area contributed by atoms with Gasteiger partial charge in [-0.15, -0.1) is 0 Å². The molecule has 20 heavy (non-hydrogen) atoms. The average Bonchev–Trinajstić information content (AvgIpc) is 2.86. The Bertz CT molecular complexity index is 476. The second kappa shape index (κ2) is 6.72. The number of carbonyl (C=O) groups excluding carboxylic acids is 1. The molecule has 0 aromatic heterocycles. The van der Waals surface area contributed by atoms with E-state index in [1.54, 1.807) is 7.11 Å². The largest absolute Gasteiger partial charge is 0.495 e. The van der Waals surface area contributed by atoms with Crippen molar-refractivity contribution >= 4 is 11.6 Å². The molecule has 1 atom stereocenters. The van der Waals surface area contributed by atoms with Crippen molar-refractivity contribution in [3.05, 3.63) is 23.8 Å². The lowest BCUT2D eigenvalue weighted by Crippen LogP contribution is -2.32. The average molecular weight is 278 g/mol. The molecule has 0 bridgehead atoms. The van der Waals surface area contributed by atoms with E-state index in [1.807, 2.05) is 25.1 Å². The van der Waals surface area contributed by atoms with Crippen LogP contribution in [0.1, 0.15) is 12.0 Å². The van der Waals surface area contributed by atoms with Gasteiger partial charge in [-0.3, -0.25) is 9.69 Å². The SMILES string of the molecule is COc1ccc(C)cc1NC(=O)CN1CCC(CO)C1. The van der Waals surface area contributed by atoms with Gasteiger partial charge in [-0.25, -0.2) is 0 Å². The maximum absolute atomic E-state index is 12.1. The standard InChI is InChI=1S/C15H22N2O3/c1-11-3-4-14(20-2)13(7-11)16-15(19)9-17-6-5-12(8-17)10-18/h3-4,7,12,18H,5-6,8-10H2,1-2H3,(H,16,19). The van der Waals surface area contributed by atoms with Crippen molar-refractivity contribution in [2.45, 2.75) is 13.3 Å². The lowest BCUT2D eigenvalue weighted by atomic mass is 10.1. The maximum atomic E-state index is 12.1. The predicted octanol–water partition coefficient (Wildman–Crippen LogP) is 1.26. The number of amides is 1. The molecule has 110 valence electrons. The molecule has 5 nitrogen and oxygen atoms in total. The van der Waals surface area contributed by atoms with Gasteiger partial charge in [-0.05, 0) is 43.5 Å². The summed E-state index contributed by atoms with van der Waals surface area (Å²) in [5.74, 6) is 0.919. The van der Waals surface area contributed by atoms with Gasteiger partial charge < -0.3 is 15.2 Å². The van der Waals surface area contributed by atoms with Crippen LogP contribution in [0.15, 0.2) is 18.2 Å². The Morgan fingerprint density at radius 2 is 2.35 bits per heavy atom. The summed E-state index contributed by atoms with van der Waals surface area (Å²) in [6, 6.07) is 5.70. The molecule has 5 heteroatoms. The summed E-state index contributed by atoms with van der Waals surface area (Å²) < 4.78 is 5.24. The molecule has 1 saturated heterocycles. The molecule has 0 aliphatic carbocycles. The lowest BCUT2D eigenvalue weighted by Gasteiger charge is -2.16. The molecule has 1 unspecified atom stereocenters. The summed E-state index contributed by atoms with van der Waals surface area (Å²) in [5, 5.41) is 12.0. The van der Waals surface area contributed by atoms with E-state index < -0.39 is 0 Å². The van der Waals surface area contributed by atoms with Gasteiger partial charge in [0.25, 0.3) is 0 Å². The van der Waals surface area contributed by atoms with Gasteiger partial charge >= 0.3 is 0 Å². The number of hydrogen-bond donors (Lipinski definition) is 2. The zero-order valence-electron chi connectivity index (χ0n) is 12.1. The van der Waals surface area contributed by atoms with Crippen LogP contribution in [0.4, 0.5) is 5.69 Å². The van der Waals surface area contributed by atoms with Crippen molar-refractivity contribution in [3.63, 3.8) is 0 Å². The molecule has 1 aliphatic heterocycles. The van der Waals surface area contributed by atoms with Crippen LogP contribution in [0.2, 0.25) is 0 Å². The fourth-order valence-electron chi connectivity index (χ4n) is 2.52. The normalized spacial score (nSPS) is 19.1. The number of methoxy groups -OCH3 is 1. The molecule has 2 N–H and O–H groups in total. The van der Waals surface area contributed by atoms with Gasteiger partial charge in [-0.2, -0.15) is 0 Å². The highest BCUT2D eigenvalue weighted by molar-refractivity contribution is 5.93. The first-order valence-electron chi connectivity index (χ1n) is 6.90. The van der Waals surface area contributed by atoms with E-state index in [0.717, 1.165) is 25.1 Å². The summed E-state index contributed by atoms with van der Waals surface area (Å²) in [5.41, 5.74) is 1.78. The van der Waals surface area contributed by atoms with E-state index >= 15 is 0 Å². The third-order valence-corrected chi connectivity index (χ3v) is 3.62. The van der Waals surface area contributed by atoms with Crippen LogP contribution < -0.4 is 10.1 Å². The number of anilines is 1. The molecule has 0 saturated carbocycles. The second-order valence-corrected chi connectivity index (χ2v) is 5.32. The minimum atomic E-state index is -0.0486. The number of likely N-dealkylation sites (tertiary alicyclic amines) is 1. The van der Waals surface area contributed by atoms with Crippen LogP contribution in [-0.2, 0) is 4.79 Å². The van der Waals surface area contributed by atoms with Gasteiger partial charge in [0.05, 0.1) is 19.3 Å². The Morgan fingerprint density at radius 3 is 3.00 bits per heavy atom. The summed E-state index contributed by atoms with van der Waals surface area (Å²) in [6.45, 7) is 4.18. The summed E-state index contributed by atoms with van der Waals surface area (Å²) in [7, 11) is 1.59. The van der Waals surface area contributed by atoms with E-state index in [4.69, 9.17) is 9.84 Å². The molecule has 1 aromatic carbocycles. The van der Waals surface area contributed by atoms with Crippen LogP contribution in [-0.4, -0.2) is 49.3 Å². The molecule has 1 fully saturated rings. The van der Waals surface area contributed by atoms with Crippen LogP contribution >= 0.6 is 0 Å². The van der Waals surface area contributed by atoms with E-state index in [9.17, 15) is 4.79 Å². The number of aliphatic hydroxyl groups is 1. The number of carbonyl (C=O) groups is 1. The third-order valence-electron chi connectivity index (χ3n) is 3.62. The summed E-state index contributed by atoms with van der Waals surface area (Å²) in [4.78, 5) is 14.1. The summed E-state index contributed by atoms with van der Waals surface area (Å²) >= 11 is 0. The number of rotatable bonds is 5. The van der Waals surface area contributed by atoms with E-state index in [1.165, 1.54) is 0 Å². The number of hydrogen-bond acceptors (Lipinski definition) is 4. The lowest BCUT2D eigenvalue weighted by molar-refractivity contribution is -0.117. The van der Waals surface area contributed by atoms with Crippen molar-refractivity contribution in [1.82, 2.24) is 4.90 Å². The Kier molecular flexibility index (Phi) is 4.98. The molecule has 1 aliphatic rings. The van der Waals surface area contributed by atoms with Crippen LogP contribution in [0.5, 0.6) is 5.75 Å². The Balaban J connectivity index is 1.93. The van der Waals surface area contributed by atoms with E-state index in [0.29, 0.717) is 23.9 Å². The first-order valence-corrected chi connectivity index (χ1v) is 6.90. The van der Waals surface area contributed by atoms with Crippen molar-refractivity contribution < 1.29 is 14.6 Å². The fourth-order valence-corrected chi connectivity index (χ4v) is 2.52. The number of aliphatic hydroxyl groups excluding tert-OH is 1. The topological polar surface area (TPSA) is 61.8 Å². The number of benzene rings is 1. The maximum Gasteiger partial charge on any atom is 0.238 e. The highest BCUT2D eigenvalue weighted by Gasteiger charge is 2.23. The number of ether oxygens (including phenoxy) is 1. The van der Waals surface area contributed by atoms with E-state index in [-0.39, 0.29) is 12.5 Å². The predicted molar refractivity (Wildman–Crippen MR) is 78.0 cm³/mol. The minimum Gasteiger partial charge on any atom is -0.495 e. The number of nitrogens with one attached hydrogen (secondary N) is 1. The number of nitrogens with zero attached hydrogens (tertiary/aromatic N) is 1. The third kappa shape index (κ3) is 3.71. The molecule has 1 aromatic rings. The van der Waals surface area contributed by atoms with Crippen LogP contribution in [0.25, 0.3) is 0 Å². The van der Waals surface area contributed by atoms with Crippen LogP contribution in [0.3, 0.4) is 0 Å². The van der Waals surface area contributed by atoms with Gasteiger partial charge in [0.15, 0.2) is 0 Å². The smallest absolute Gasteiger partial charge is 0.238 e. The van der Waals surface area contributed by atoms with Gasteiger partial charge in [0.2, 0.25) is 5.91 Å². The first-order chi connectivity index (χ1) is 9.62. The molecule has 1 amide bonds. The van der Waals surface area contributed by atoms with Crippen molar-refractivity contribution in [1.29, 1.82) is 0 Å². The van der Waals surface area contributed by atoms with Crippen molar-refractivity contribution in [3.8, 4) is 5.75 Å². The monoisotopic (exact) mass is 278 g/mol. The fraction of sp³-hybridized carbons (Fsp3) is 0.533. The molecule has 1 heterocycles. The Hall–Kier alpha value is -1.59. The molecule has 0 radical (unpaired) electrons. The second-order valence-electron chi connectivity index (χ2n) is 5.32. The minimum absolute atomic E-state index is 0.0486. The Morgan fingerprint density at radius 1 is 1.55 bits per heavy atom. The van der Waals surface area contributed by atoms with Crippen molar-refractivity contribution in [2.24, 2.45) is 5.92 Å². The van der Waals surface area contributed by atoms with E-state index in [2.05, 4.69) is 10.2 Å². The zero-order valence-corrected chi connectivity index (χ0v) is 12.1. The zero-order chi connectivity index (χ0) is 14.5. The highest BCUT2D eigenvalue weighted by Crippen LogP contribution is 2.25. The molecular formula is C15H22N2O3. The number of aryl methyl sites for hydroxylation is 1. The summed E-state index contributed by atoms with van der Waals surface area (Å²) in [6.07, 6.45) is 0.956. The van der Waals surface area contributed by atoms with Crippen LogP contribution in [0, 0.1) is 12.8 Å². The molecule has 2 rings (SSSR count). The van der Waals surface area contributed by atoms with Gasteiger partial charge in [-0.1, -0.05) is 6.07 Å². The van der Waals surface area contributed by atoms with Gasteiger partial charge in [0.1, 0.15) is 5.75 Å². The quantitative estimate of drug-likeness (QED) is 0.851. The first kappa shape index (κ1) is 14.8. The Labute approximate surface area is 119 Å². The molecular weight excluding hydrogens is 256 g/mol. The van der Waals surface area contributed by atoms with Gasteiger partial charge in [0, 0.05) is 13.2 Å². The molecule has 0 spiro atoms. The van der Waals surface area contributed by atoms with Crippen molar-refractivity contribution in [2.75, 3.05) is 38.7 Å².